The molecule has 2 fully saturated rings. The van der Waals surface area contributed by atoms with E-state index in [1.165, 1.54) is 4.90 Å². The van der Waals surface area contributed by atoms with Crippen LogP contribution in [-0.2, 0) is 14.3 Å². The van der Waals surface area contributed by atoms with Gasteiger partial charge in [0.05, 0.1) is 6.61 Å². The second kappa shape index (κ2) is 9.56. The molecule has 2 aromatic carbocycles. The zero-order chi connectivity index (χ0) is 22.7. The molecule has 2 aliphatic heterocycles. The number of nitrogens with one attached hydrogen (secondary N) is 2. The van der Waals surface area contributed by atoms with Crippen molar-refractivity contribution in [3.05, 3.63) is 53.6 Å². The second-order valence-corrected chi connectivity index (χ2v) is 8.17. The third-order valence-corrected chi connectivity index (χ3v) is 5.68. The van der Waals surface area contributed by atoms with Gasteiger partial charge in [0.15, 0.2) is 0 Å². The molecule has 2 heterocycles. The molecule has 0 saturated carbocycles. The molecule has 2 saturated heterocycles. The Morgan fingerprint density at radius 1 is 1.03 bits per heavy atom. The average Bonchev–Trinajstić information content (AvgIpc) is 3.18. The minimum Gasteiger partial charge on any atom is -0.370 e. The van der Waals surface area contributed by atoms with Crippen LogP contribution in [0.25, 0.3) is 0 Å². The number of nitrogens with two attached hydrogens (primary N) is 1. The lowest BCUT2D eigenvalue weighted by Crippen LogP contribution is -2.45. The fourth-order valence-corrected chi connectivity index (χ4v) is 3.94. The van der Waals surface area contributed by atoms with Crippen molar-refractivity contribution >= 4 is 46.5 Å². The van der Waals surface area contributed by atoms with E-state index in [2.05, 4.69) is 10.6 Å². The number of hydrogen-bond acceptors (Lipinski definition) is 5. The van der Waals surface area contributed by atoms with Gasteiger partial charge in [0.25, 0.3) is 5.91 Å². The number of likely N-dealkylation sites (tertiary alicyclic amines) is 1. The van der Waals surface area contributed by atoms with Crippen molar-refractivity contribution in [3.8, 4) is 0 Å². The van der Waals surface area contributed by atoms with Crippen molar-refractivity contribution in [1.82, 2.24) is 4.90 Å². The van der Waals surface area contributed by atoms with Gasteiger partial charge >= 0.3 is 6.03 Å². The van der Waals surface area contributed by atoms with Gasteiger partial charge in [-0.3, -0.25) is 9.59 Å². The van der Waals surface area contributed by atoms with Gasteiger partial charge in [0.1, 0.15) is 12.6 Å². The molecule has 0 aliphatic carbocycles. The molecule has 9 nitrogen and oxygen atoms in total. The van der Waals surface area contributed by atoms with E-state index in [-0.39, 0.29) is 31.0 Å². The summed E-state index contributed by atoms with van der Waals surface area (Å²) in [6.45, 7) is 1.31. The van der Waals surface area contributed by atoms with Crippen molar-refractivity contribution in [2.75, 3.05) is 41.8 Å². The van der Waals surface area contributed by atoms with Crippen molar-refractivity contribution in [3.63, 3.8) is 0 Å². The molecule has 2 atom stereocenters. The maximum atomic E-state index is 12.9. The van der Waals surface area contributed by atoms with Crippen LogP contribution in [0.1, 0.15) is 6.42 Å². The zero-order valence-corrected chi connectivity index (χ0v) is 18.0. The van der Waals surface area contributed by atoms with Crippen molar-refractivity contribution < 1.29 is 19.1 Å². The number of carbonyl (C=O) groups excluding carboxylic acids is 3. The van der Waals surface area contributed by atoms with Crippen molar-refractivity contribution in [2.45, 2.75) is 18.5 Å². The maximum Gasteiger partial charge on any atom is 0.322 e. The van der Waals surface area contributed by atoms with E-state index in [1.54, 1.807) is 53.4 Å². The van der Waals surface area contributed by atoms with Crippen molar-refractivity contribution in [1.29, 1.82) is 0 Å². The molecular weight excluding hydrogens is 434 g/mol. The smallest absolute Gasteiger partial charge is 0.322 e. The minimum atomic E-state index is -0.696. The molecule has 4 amide bonds. The number of nitrogens with zero attached hydrogens (tertiary/aromatic N) is 2. The van der Waals surface area contributed by atoms with Crippen LogP contribution in [0, 0.1) is 0 Å². The molecular formula is C22H24ClN5O4. The molecule has 0 spiro atoms. The summed E-state index contributed by atoms with van der Waals surface area (Å²) in [7, 11) is 0. The van der Waals surface area contributed by atoms with Crippen molar-refractivity contribution in [2.24, 2.45) is 5.73 Å². The number of benzene rings is 2. The normalized spacial score (nSPS) is 20.9. The Morgan fingerprint density at radius 3 is 2.38 bits per heavy atom. The lowest BCUT2D eigenvalue weighted by atomic mass is 10.1. The van der Waals surface area contributed by atoms with Crippen LogP contribution in [0.3, 0.4) is 0 Å². The molecule has 32 heavy (non-hydrogen) atoms. The topological polar surface area (TPSA) is 117 Å². The summed E-state index contributed by atoms with van der Waals surface area (Å²) < 4.78 is 5.15. The quantitative estimate of drug-likeness (QED) is 0.651. The highest BCUT2D eigenvalue weighted by atomic mass is 35.5. The monoisotopic (exact) mass is 457 g/mol. The molecule has 4 rings (SSSR count). The molecule has 168 valence electrons. The summed E-state index contributed by atoms with van der Waals surface area (Å²) >= 11 is 5.88. The number of morpholine rings is 1. The number of ether oxygens (including phenoxy) is 1. The molecule has 2 aliphatic rings. The molecule has 0 radical (unpaired) electrons. The van der Waals surface area contributed by atoms with Gasteiger partial charge in [-0.2, -0.15) is 0 Å². The van der Waals surface area contributed by atoms with Gasteiger partial charge in [0, 0.05) is 41.2 Å². The molecule has 2 aromatic rings. The summed E-state index contributed by atoms with van der Waals surface area (Å²) in [5, 5.41) is 6.18. The summed E-state index contributed by atoms with van der Waals surface area (Å²) in [5.74, 6) is -0.422. The Bertz CT molecular complexity index is 998. The Hall–Kier alpha value is -3.14. The lowest BCUT2D eigenvalue weighted by Gasteiger charge is -2.27. The highest BCUT2D eigenvalue weighted by Crippen LogP contribution is 2.23. The van der Waals surface area contributed by atoms with Crippen LogP contribution in [0.5, 0.6) is 0 Å². The molecule has 10 heteroatoms. The number of urea groups is 1. The van der Waals surface area contributed by atoms with Gasteiger partial charge in [0.2, 0.25) is 5.91 Å². The molecule has 0 unspecified atom stereocenters. The number of halogens is 1. The number of hydrogen-bond donors (Lipinski definition) is 3. The van der Waals surface area contributed by atoms with Crippen LogP contribution in [0.2, 0.25) is 5.02 Å². The summed E-state index contributed by atoms with van der Waals surface area (Å²) in [5.41, 5.74) is 7.93. The average molecular weight is 458 g/mol. The largest absolute Gasteiger partial charge is 0.370 e. The Labute approximate surface area is 190 Å². The zero-order valence-electron chi connectivity index (χ0n) is 17.3. The van der Waals surface area contributed by atoms with E-state index in [1.807, 2.05) is 0 Å². The first-order chi connectivity index (χ1) is 15.4. The predicted molar refractivity (Wildman–Crippen MR) is 122 cm³/mol. The Balaban J connectivity index is 1.40. The third kappa shape index (κ3) is 5.01. The second-order valence-electron chi connectivity index (χ2n) is 7.74. The number of anilines is 3. The number of rotatable bonds is 4. The van der Waals surface area contributed by atoms with Gasteiger partial charge in [-0.15, -0.1) is 0 Å². The first-order valence-corrected chi connectivity index (χ1v) is 10.7. The van der Waals surface area contributed by atoms with Gasteiger partial charge < -0.3 is 30.9 Å². The molecule has 4 N–H and O–H groups in total. The molecule has 0 bridgehead atoms. The fraction of sp³-hybridized carbons (Fsp3) is 0.318. The van der Waals surface area contributed by atoms with Gasteiger partial charge in [-0.25, -0.2) is 4.79 Å². The van der Waals surface area contributed by atoms with Gasteiger partial charge in [-0.05, 0) is 55.0 Å². The maximum absolute atomic E-state index is 12.9. The summed E-state index contributed by atoms with van der Waals surface area (Å²) in [4.78, 5) is 40.8. The Morgan fingerprint density at radius 2 is 1.69 bits per heavy atom. The summed E-state index contributed by atoms with van der Waals surface area (Å²) in [6.07, 6.45) is 0.361. The lowest BCUT2D eigenvalue weighted by molar-refractivity contribution is -0.125. The first-order valence-electron chi connectivity index (χ1n) is 10.3. The highest BCUT2D eigenvalue weighted by molar-refractivity contribution is 6.30. The Kier molecular flexibility index (Phi) is 6.59. The SMILES string of the molecule is N[C@@H]1C[C@H](C(=O)Nc2ccc(N3CCOCC3=O)cc2)N(C(=O)Nc2ccc(Cl)cc2)C1. The minimum absolute atomic E-state index is 0.0638. The van der Waals surface area contributed by atoms with Crippen LogP contribution in [-0.4, -0.2) is 61.1 Å². The summed E-state index contributed by atoms with van der Waals surface area (Å²) in [6, 6.07) is 12.3. The van der Waals surface area contributed by atoms with Gasteiger partial charge in [-0.1, -0.05) is 11.6 Å². The van der Waals surface area contributed by atoms with Crippen LogP contribution in [0.4, 0.5) is 21.9 Å². The first kappa shape index (κ1) is 22.1. The predicted octanol–water partition coefficient (Wildman–Crippen LogP) is 2.28. The standard InChI is InChI=1S/C22H24ClN5O4/c23-14-1-3-17(4-2-14)26-22(31)28-12-15(24)11-19(28)21(30)25-16-5-7-18(8-6-16)27-9-10-32-13-20(27)29/h1-8,15,19H,9-13,24H2,(H,25,30)(H,26,31)/t15-,19-/m1/s1. The fourth-order valence-electron chi connectivity index (χ4n) is 3.81. The van der Waals surface area contributed by atoms with E-state index in [9.17, 15) is 14.4 Å². The number of carbonyl (C=O) groups is 3. The number of amides is 4. The molecule has 0 aromatic heterocycles. The van der Waals surface area contributed by atoms with E-state index in [0.29, 0.717) is 36.0 Å². The third-order valence-electron chi connectivity index (χ3n) is 5.42. The van der Waals surface area contributed by atoms with E-state index >= 15 is 0 Å². The van der Waals surface area contributed by atoms with E-state index < -0.39 is 12.1 Å². The highest BCUT2D eigenvalue weighted by Gasteiger charge is 2.38. The van der Waals surface area contributed by atoms with Crippen LogP contribution < -0.4 is 21.3 Å². The van der Waals surface area contributed by atoms with E-state index in [4.69, 9.17) is 22.1 Å². The van der Waals surface area contributed by atoms with Crippen LogP contribution >= 0.6 is 11.6 Å². The van der Waals surface area contributed by atoms with E-state index in [0.717, 1.165) is 5.69 Å². The van der Waals surface area contributed by atoms with Crippen LogP contribution in [0.15, 0.2) is 48.5 Å².